The summed E-state index contributed by atoms with van der Waals surface area (Å²) in [7, 11) is 1.88. The first kappa shape index (κ1) is 20.0. The Hall–Kier alpha value is -3.46. The number of aryl methyl sites for hydroxylation is 2. The summed E-state index contributed by atoms with van der Waals surface area (Å²) in [4.78, 5) is 11.9. The minimum atomic E-state index is 0.132. The Kier molecular flexibility index (Phi) is 3.98. The average molecular weight is 475 g/mol. The van der Waals surface area contributed by atoms with Crippen LogP contribution in [0.15, 0.2) is 35.1 Å². The van der Waals surface area contributed by atoms with Crippen molar-refractivity contribution < 1.29 is 4.52 Å². The normalized spacial score (nSPS) is 23.8. The SMILES string of the molecule is CCC1(c2cc(C)on2)[C@@H]2CN(c3cnc4c(-c5ccc6nn(C)cc6c5Cl)[nH]nc4n3)C[C@@H]21. The molecule has 0 radical (unpaired) electrons. The number of anilines is 1. The maximum Gasteiger partial charge on any atom is 0.202 e. The van der Waals surface area contributed by atoms with Crippen molar-refractivity contribution in [2.75, 3.05) is 18.0 Å². The Morgan fingerprint density at radius 3 is 2.82 bits per heavy atom. The summed E-state index contributed by atoms with van der Waals surface area (Å²) in [5, 5.41) is 17.8. The predicted molar refractivity (Wildman–Crippen MR) is 129 cm³/mol. The molecule has 3 atom stereocenters. The number of piperidine rings is 1. The van der Waals surface area contributed by atoms with Crippen molar-refractivity contribution in [2.24, 2.45) is 18.9 Å². The molecule has 0 amide bonds. The molecular formula is C24H23ClN8O. The molecule has 172 valence electrons. The largest absolute Gasteiger partial charge is 0.361 e. The molecule has 1 unspecified atom stereocenters. The van der Waals surface area contributed by atoms with E-state index in [1.54, 1.807) is 4.68 Å². The first-order chi connectivity index (χ1) is 16.5. The van der Waals surface area contributed by atoms with E-state index in [2.05, 4.69) is 38.3 Å². The lowest BCUT2D eigenvalue weighted by molar-refractivity contribution is 0.373. The summed E-state index contributed by atoms with van der Waals surface area (Å²) in [6.45, 7) is 6.07. The van der Waals surface area contributed by atoms with Gasteiger partial charge in [0.1, 0.15) is 17.1 Å². The maximum atomic E-state index is 6.73. The van der Waals surface area contributed by atoms with Crippen LogP contribution >= 0.6 is 11.6 Å². The number of hydrogen-bond donors (Lipinski definition) is 1. The third-order valence-electron chi connectivity index (χ3n) is 7.81. The maximum absolute atomic E-state index is 6.73. The molecular weight excluding hydrogens is 452 g/mol. The summed E-state index contributed by atoms with van der Waals surface area (Å²) in [6, 6.07) is 6.00. The van der Waals surface area contributed by atoms with Gasteiger partial charge in [-0.2, -0.15) is 10.2 Å². The zero-order valence-corrected chi connectivity index (χ0v) is 19.8. The van der Waals surface area contributed by atoms with E-state index >= 15 is 0 Å². The van der Waals surface area contributed by atoms with Crippen LogP contribution in [0, 0.1) is 18.8 Å². The number of hydrogen-bond acceptors (Lipinski definition) is 7. The molecule has 1 aliphatic carbocycles. The first-order valence-corrected chi connectivity index (χ1v) is 11.9. The molecule has 1 aromatic carbocycles. The number of nitrogens with one attached hydrogen (secondary N) is 1. The number of nitrogens with zero attached hydrogens (tertiary/aromatic N) is 7. The molecule has 1 N–H and O–H groups in total. The van der Waals surface area contributed by atoms with Gasteiger partial charge >= 0.3 is 0 Å². The van der Waals surface area contributed by atoms with Crippen molar-refractivity contribution >= 4 is 39.5 Å². The van der Waals surface area contributed by atoms with Gasteiger partial charge in [0.2, 0.25) is 5.65 Å². The summed E-state index contributed by atoms with van der Waals surface area (Å²) in [6.07, 6.45) is 4.83. The van der Waals surface area contributed by atoms with Gasteiger partial charge in [-0.3, -0.25) is 9.78 Å². The van der Waals surface area contributed by atoms with Gasteiger partial charge in [-0.15, -0.1) is 0 Å². The number of fused-ring (bicyclic) bond motifs is 3. The molecule has 1 saturated heterocycles. The Labute approximate surface area is 200 Å². The van der Waals surface area contributed by atoms with E-state index in [9.17, 15) is 0 Å². The van der Waals surface area contributed by atoms with Crippen LogP contribution in [0.4, 0.5) is 5.82 Å². The van der Waals surface area contributed by atoms with Gasteiger partial charge in [0.15, 0.2) is 0 Å². The molecule has 2 aliphatic rings. The number of H-pyrrole nitrogens is 1. The van der Waals surface area contributed by atoms with E-state index < -0.39 is 0 Å². The van der Waals surface area contributed by atoms with Crippen molar-refractivity contribution in [3.05, 3.63) is 47.1 Å². The predicted octanol–water partition coefficient (Wildman–Crippen LogP) is 4.27. The van der Waals surface area contributed by atoms with Crippen LogP contribution in [0.1, 0.15) is 24.8 Å². The lowest BCUT2D eigenvalue weighted by Crippen LogP contribution is -2.30. The van der Waals surface area contributed by atoms with Gasteiger partial charge in [0.05, 0.1) is 28.1 Å². The second-order valence-corrected chi connectivity index (χ2v) is 9.87. The molecule has 9 nitrogen and oxygen atoms in total. The Morgan fingerprint density at radius 2 is 2.09 bits per heavy atom. The van der Waals surface area contributed by atoms with Crippen LogP contribution < -0.4 is 4.90 Å². The first-order valence-electron chi connectivity index (χ1n) is 11.5. The van der Waals surface area contributed by atoms with E-state index in [-0.39, 0.29) is 5.41 Å². The van der Waals surface area contributed by atoms with Gasteiger partial charge in [0.25, 0.3) is 0 Å². The number of rotatable bonds is 4. The fourth-order valence-electron chi connectivity index (χ4n) is 6.09. The molecule has 0 spiro atoms. The smallest absolute Gasteiger partial charge is 0.202 e. The fourth-order valence-corrected chi connectivity index (χ4v) is 6.39. The van der Waals surface area contributed by atoms with E-state index in [0.29, 0.717) is 28.0 Å². The zero-order chi connectivity index (χ0) is 23.2. The van der Waals surface area contributed by atoms with Gasteiger partial charge < -0.3 is 9.42 Å². The van der Waals surface area contributed by atoms with Crippen molar-refractivity contribution in [2.45, 2.75) is 25.7 Å². The Bertz CT molecular complexity index is 1570. The Morgan fingerprint density at radius 1 is 1.26 bits per heavy atom. The van der Waals surface area contributed by atoms with Crippen molar-refractivity contribution in [3.8, 4) is 11.3 Å². The third kappa shape index (κ3) is 2.58. The topological polar surface area (TPSA) is 102 Å². The highest BCUT2D eigenvalue weighted by atomic mass is 35.5. The number of aromatic nitrogens is 7. The zero-order valence-electron chi connectivity index (χ0n) is 19.1. The number of benzene rings is 1. The fraction of sp³-hybridized carbons (Fsp3) is 0.375. The monoisotopic (exact) mass is 474 g/mol. The van der Waals surface area contributed by atoms with E-state index in [1.165, 1.54) is 0 Å². The van der Waals surface area contributed by atoms with E-state index in [4.69, 9.17) is 26.1 Å². The molecule has 5 aromatic rings. The minimum Gasteiger partial charge on any atom is -0.361 e. The summed E-state index contributed by atoms with van der Waals surface area (Å²) < 4.78 is 7.14. The van der Waals surface area contributed by atoms with Crippen LogP contribution in [0.3, 0.4) is 0 Å². The molecule has 1 aliphatic heterocycles. The molecule has 4 aromatic heterocycles. The minimum absolute atomic E-state index is 0.132. The highest BCUT2D eigenvalue weighted by Crippen LogP contribution is 2.65. The van der Waals surface area contributed by atoms with E-state index in [1.807, 2.05) is 38.5 Å². The molecule has 1 saturated carbocycles. The van der Waals surface area contributed by atoms with Crippen LogP contribution in [0.2, 0.25) is 5.02 Å². The highest BCUT2D eigenvalue weighted by molar-refractivity contribution is 6.38. The standard InChI is InChI=1S/C24H23ClN8O/c1-4-24(18-7-12(2)34-31-18)15-10-33(11-16(15)24)19-8-26-22-21(28-29-23(22)27-19)13-5-6-17-14(20(13)25)9-32(3)30-17/h5-9,15-16H,4,10-11H2,1-3H3,(H,27,28,29)/t15-,16+,24?. The van der Waals surface area contributed by atoms with Crippen LogP contribution in [-0.4, -0.2) is 48.2 Å². The molecule has 2 fully saturated rings. The van der Waals surface area contributed by atoms with Crippen molar-refractivity contribution in [1.82, 2.24) is 35.1 Å². The van der Waals surface area contributed by atoms with Gasteiger partial charge in [-0.1, -0.05) is 23.7 Å². The third-order valence-corrected chi connectivity index (χ3v) is 8.21. The highest BCUT2D eigenvalue weighted by Gasteiger charge is 2.69. The molecule has 7 rings (SSSR count). The number of halogens is 1. The molecule has 5 heterocycles. The van der Waals surface area contributed by atoms with E-state index in [0.717, 1.165) is 58.9 Å². The van der Waals surface area contributed by atoms with Gasteiger partial charge in [-0.05, 0) is 37.3 Å². The average Bonchev–Trinajstić information content (AvgIpc) is 3.44. The van der Waals surface area contributed by atoms with Gasteiger partial charge in [0, 0.05) is 48.8 Å². The Balaban J connectivity index is 1.18. The van der Waals surface area contributed by atoms with Crippen LogP contribution in [0.5, 0.6) is 0 Å². The lowest BCUT2D eigenvalue weighted by atomic mass is 9.92. The lowest BCUT2D eigenvalue weighted by Gasteiger charge is -2.25. The second kappa shape index (κ2) is 6.79. The summed E-state index contributed by atoms with van der Waals surface area (Å²) >= 11 is 6.73. The second-order valence-electron chi connectivity index (χ2n) is 9.50. The van der Waals surface area contributed by atoms with Crippen molar-refractivity contribution in [1.29, 1.82) is 0 Å². The molecule has 0 bridgehead atoms. The quantitative estimate of drug-likeness (QED) is 0.415. The summed E-state index contributed by atoms with van der Waals surface area (Å²) in [5.74, 6) is 2.84. The number of aromatic amines is 1. The van der Waals surface area contributed by atoms with Crippen molar-refractivity contribution in [3.63, 3.8) is 0 Å². The summed E-state index contributed by atoms with van der Waals surface area (Å²) in [5.41, 5.74) is 4.98. The molecule has 10 heteroatoms. The van der Waals surface area contributed by atoms with Crippen LogP contribution in [-0.2, 0) is 12.5 Å². The van der Waals surface area contributed by atoms with Crippen LogP contribution in [0.25, 0.3) is 33.3 Å². The van der Waals surface area contributed by atoms with Gasteiger partial charge in [-0.25, -0.2) is 9.97 Å². The molecule has 34 heavy (non-hydrogen) atoms.